The molecule has 2 aromatic heterocycles. The Bertz CT molecular complexity index is 704. The number of halogens is 5. The van der Waals surface area contributed by atoms with Crippen LogP contribution in [0, 0.1) is 0 Å². The molecule has 0 atom stereocenters. The second-order valence-corrected chi connectivity index (χ2v) is 8.35. The van der Waals surface area contributed by atoms with Crippen LogP contribution in [0.1, 0.15) is 18.4 Å². The molecule has 0 aliphatic heterocycles. The van der Waals surface area contributed by atoms with Crippen molar-refractivity contribution in [1.82, 2.24) is 9.97 Å². The first-order valence-electron chi connectivity index (χ1n) is 8.28. The summed E-state index contributed by atoms with van der Waals surface area (Å²) in [5.74, 6) is 1.71. The SMILES string of the molecule is NCCCSc1ccc(Cl)cn1.NCCCSc1ncc(C(F)(F)F)cc1Cl. The van der Waals surface area contributed by atoms with Crippen molar-refractivity contribution < 1.29 is 13.2 Å². The van der Waals surface area contributed by atoms with Gasteiger partial charge in [0.15, 0.2) is 0 Å². The van der Waals surface area contributed by atoms with Gasteiger partial charge in [0.2, 0.25) is 0 Å². The summed E-state index contributed by atoms with van der Waals surface area (Å²) in [6, 6.07) is 4.65. The second kappa shape index (κ2) is 13.5. The van der Waals surface area contributed by atoms with Crippen molar-refractivity contribution in [2.45, 2.75) is 29.1 Å². The molecule has 4 nitrogen and oxygen atoms in total. The minimum atomic E-state index is -4.41. The molecule has 0 spiro atoms. The number of rotatable bonds is 8. The first kappa shape index (κ1) is 25.3. The average molecular weight is 473 g/mol. The highest BCUT2D eigenvalue weighted by Crippen LogP contribution is 2.33. The highest BCUT2D eigenvalue weighted by molar-refractivity contribution is 7.99. The van der Waals surface area contributed by atoms with Crippen molar-refractivity contribution in [3.63, 3.8) is 0 Å². The zero-order valence-electron chi connectivity index (χ0n) is 14.9. The number of hydrogen-bond acceptors (Lipinski definition) is 6. The molecule has 0 aromatic carbocycles. The van der Waals surface area contributed by atoms with Crippen molar-refractivity contribution in [3.05, 3.63) is 46.2 Å². The smallest absolute Gasteiger partial charge is 0.330 e. The van der Waals surface area contributed by atoms with Gasteiger partial charge in [-0.25, -0.2) is 9.97 Å². The number of hydrogen-bond donors (Lipinski definition) is 2. The average Bonchev–Trinajstić information content (AvgIpc) is 2.65. The van der Waals surface area contributed by atoms with E-state index in [-0.39, 0.29) is 5.02 Å². The van der Waals surface area contributed by atoms with Crippen molar-refractivity contribution >= 4 is 46.7 Å². The van der Waals surface area contributed by atoms with E-state index in [1.807, 2.05) is 12.1 Å². The standard InChI is InChI=1S/C9H10ClF3N2S.C8H11ClN2S/c10-7-4-6(9(11,12)13)5-15-8(7)16-3-1-2-14;9-7-2-3-8(11-6-7)12-5-1-4-10/h4-5H,1-3,14H2;2-3,6H,1,4-5,10H2. The molecule has 0 aliphatic carbocycles. The molecule has 0 aliphatic rings. The zero-order valence-corrected chi connectivity index (χ0v) is 18.0. The summed E-state index contributed by atoms with van der Waals surface area (Å²) < 4.78 is 36.9. The van der Waals surface area contributed by atoms with Gasteiger partial charge in [-0.3, -0.25) is 0 Å². The van der Waals surface area contributed by atoms with E-state index >= 15 is 0 Å². The van der Waals surface area contributed by atoms with Gasteiger partial charge < -0.3 is 11.5 Å². The van der Waals surface area contributed by atoms with Crippen molar-refractivity contribution in [1.29, 1.82) is 0 Å². The molecule has 0 unspecified atom stereocenters. The van der Waals surface area contributed by atoms with Crippen LogP contribution in [0.5, 0.6) is 0 Å². The molecular formula is C17H21Cl2F3N4S2. The monoisotopic (exact) mass is 472 g/mol. The van der Waals surface area contributed by atoms with E-state index in [4.69, 9.17) is 34.7 Å². The highest BCUT2D eigenvalue weighted by atomic mass is 35.5. The van der Waals surface area contributed by atoms with Crippen LogP contribution in [0.15, 0.2) is 40.6 Å². The Morgan fingerprint density at radius 1 is 0.929 bits per heavy atom. The lowest BCUT2D eigenvalue weighted by molar-refractivity contribution is -0.137. The normalized spacial score (nSPS) is 11.1. The van der Waals surface area contributed by atoms with Crippen LogP contribution >= 0.6 is 46.7 Å². The van der Waals surface area contributed by atoms with E-state index in [0.29, 0.717) is 22.3 Å². The molecule has 0 bridgehead atoms. The van der Waals surface area contributed by atoms with E-state index < -0.39 is 11.7 Å². The zero-order chi connectivity index (χ0) is 21.0. The molecule has 0 radical (unpaired) electrons. The van der Waals surface area contributed by atoms with E-state index in [2.05, 4.69) is 9.97 Å². The van der Waals surface area contributed by atoms with Crippen LogP contribution in [-0.4, -0.2) is 34.6 Å². The van der Waals surface area contributed by atoms with Gasteiger partial charge in [-0.15, -0.1) is 23.5 Å². The van der Waals surface area contributed by atoms with Crippen LogP contribution in [0.3, 0.4) is 0 Å². The second-order valence-electron chi connectivity index (χ2n) is 5.30. The van der Waals surface area contributed by atoms with Crippen LogP contribution in [0.4, 0.5) is 13.2 Å². The molecule has 2 aromatic rings. The van der Waals surface area contributed by atoms with Crippen molar-refractivity contribution in [3.8, 4) is 0 Å². The lowest BCUT2D eigenvalue weighted by atomic mass is 10.3. The summed E-state index contributed by atoms with van der Waals surface area (Å²) >= 11 is 14.4. The van der Waals surface area contributed by atoms with Gasteiger partial charge in [0.05, 0.1) is 20.6 Å². The molecule has 28 heavy (non-hydrogen) atoms. The van der Waals surface area contributed by atoms with Gasteiger partial charge in [-0.05, 0) is 44.1 Å². The molecule has 0 amide bonds. The predicted molar refractivity (Wildman–Crippen MR) is 112 cm³/mol. The first-order valence-corrected chi connectivity index (χ1v) is 11.0. The lowest BCUT2D eigenvalue weighted by Gasteiger charge is -2.08. The Balaban J connectivity index is 0.000000292. The Kier molecular flexibility index (Phi) is 12.2. The summed E-state index contributed by atoms with van der Waals surface area (Å²) in [7, 11) is 0. The summed E-state index contributed by atoms with van der Waals surface area (Å²) in [4.78, 5) is 7.83. The van der Waals surface area contributed by atoms with E-state index in [1.54, 1.807) is 18.0 Å². The fourth-order valence-electron chi connectivity index (χ4n) is 1.65. The molecule has 0 fully saturated rings. The predicted octanol–water partition coefficient (Wildman–Crippen LogP) is 5.37. The van der Waals surface area contributed by atoms with Gasteiger partial charge in [-0.1, -0.05) is 23.2 Å². The van der Waals surface area contributed by atoms with E-state index in [1.165, 1.54) is 11.8 Å². The van der Waals surface area contributed by atoms with Crippen LogP contribution in [0.25, 0.3) is 0 Å². The number of alkyl halides is 3. The van der Waals surface area contributed by atoms with Gasteiger partial charge in [0, 0.05) is 23.9 Å². The largest absolute Gasteiger partial charge is 0.417 e. The minimum absolute atomic E-state index is 0.0249. The van der Waals surface area contributed by atoms with Crippen LogP contribution in [-0.2, 0) is 6.18 Å². The molecule has 2 rings (SSSR count). The molecular weight excluding hydrogens is 452 g/mol. The fraction of sp³-hybridized carbons (Fsp3) is 0.412. The Morgan fingerprint density at radius 2 is 1.57 bits per heavy atom. The molecule has 11 heteroatoms. The third-order valence-corrected chi connectivity index (χ3v) is 5.77. The quantitative estimate of drug-likeness (QED) is 0.397. The fourth-order valence-corrected chi connectivity index (χ4v) is 3.73. The topological polar surface area (TPSA) is 77.8 Å². The minimum Gasteiger partial charge on any atom is -0.330 e. The summed E-state index contributed by atoms with van der Waals surface area (Å²) in [5, 5.41) is 2.12. The molecule has 0 saturated heterocycles. The highest BCUT2D eigenvalue weighted by Gasteiger charge is 2.31. The third-order valence-electron chi connectivity index (χ3n) is 3.02. The number of nitrogens with zero attached hydrogens (tertiary/aromatic N) is 2. The van der Waals surface area contributed by atoms with Crippen molar-refractivity contribution in [2.24, 2.45) is 11.5 Å². The molecule has 156 valence electrons. The Hall–Kier alpha value is -0.710. The van der Waals surface area contributed by atoms with Gasteiger partial charge in [0.25, 0.3) is 0 Å². The maximum atomic E-state index is 12.3. The van der Waals surface area contributed by atoms with Crippen LogP contribution in [0.2, 0.25) is 10.0 Å². The van der Waals surface area contributed by atoms with Crippen molar-refractivity contribution in [2.75, 3.05) is 24.6 Å². The number of thioether (sulfide) groups is 2. The summed E-state index contributed by atoms with van der Waals surface area (Å²) in [6.45, 7) is 1.27. The van der Waals surface area contributed by atoms with Gasteiger partial charge in [0.1, 0.15) is 5.03 Å². The Morgan fingerprint density at radius 3 is 2.07 bits per heavy atom. The van der Waals surface area contributed by atoms with Crippen LogP contribution < -0.4 is 11.5 Å². The number of pyridine rings is 2. The first-order chi connectivity index (χ1) is 13.3. The van der Waals surface area contributed by atoms with E-state index in [0.717, 1.165) is 42.4 Å². The van der Waals surface area contributed by atoms with Gasteiger partial charge >= 0.3 is 6.18 Å². The van der Waals surface area contributed by atoms with E-state index in [9.17, 15) is 13.2 Å². The Labute approximate surface area is 181 Å². The number of aromatic nitrogens is 2. The summed E-state index contributed by atoms with van der Waals surface area (Å²) in [6.07, 6.45) is -0.168. The third kappa shape index (κ3) is 10.2. The maximum absolute atomic E-state index is 12.3. The molecule has 0 saturated carbocycles. The number of nitrogens with two attached hydrogens (primary N) is 2. The maximum Gasteiger partial charge on any atom is 0.417 e. The molecule has 2 heterocycles. The lowest BCUT2D eigenvalue weighted by Crippen LogP contribution is -2.06. The summed E-state index contributed by atoms with van der Waals surface area (Å²) in [5.41, 5.74) is 9.83. The molecule has 4 N–H and O–H groups in total. The van der Waals surface area contributed by atoms with Gasteiger partial charge in [-0.2, -0.15) is 13.2 Å².